The van der Waals surface area contributed by atoms with E-state index in [0.29, 0.717) is 11.5 Å². The lowest BCUT2D eigenvalue weighted by Crippen LogP contribution is -2.24. The highest BCUT2D eigenvalue weighted by atomic mass is 16.2. The molecule has 19 heavy (non-hydrogen) atoms. The summed E-state index contributed by atoms with van der Waals surface area (Å²) in [5.41, 5.74) is 2.21. The van der Waals surface area contributed by atoms with Crippen LogP contribution >= 0.6 is 0 Å². The van der Waals surface area contributed by atoms with Crippen molar-refractivity contribution in [3.8, 4) is 0 Å². The summed E-state index contributed by atoms with van der Waals surface area (Å²) < 4.78 is 0. The van der Waals surface area contributed by atoms with Crippen LogP contribution in [-0.2, 0) is 4.79 Å². The number of carbonyl (C=O) groups excluding carboxylic acids is 1. The normalized spacial score (nSPS) is 16.3. The number of aliphatic imine (C=N–C) groups is 1. The molecule has 0 bridgehead atoms. The fourth-order valence-electron chi connectivity index (χ4n) is 1.82. The van der Waals surface area contributed by atoms with Gasteiger partial charge in [0.2, 0.25) is 0 Å². The maximum atomic E-state index is 11.9. The highest BCUT2D eigenvalue weighted by molar-refractivity contribution is 6.19. The summed E-state index contributed by atoms with van der Waals surface area (Å²) >= 11 is 0. The predicted molar refractivity (Wildman–Crippen MR) is 73.3 cm³/mol. The van der Waals surface area contributed by atoms with Crippen molar-refractivity contribution in [2.45, 2.75) is 0 Å². The SMILES string of the molecule is O=C1NC(c2ccncc2)=N/C1=C/c1ccccc1. The predicted octanol–water partition coefficient (Wildman–Crippen LogP) is 2.00. The van der Waals surface area contributed by atoms with Gasteiger partial charge in [0.05, 0.1) is 0 Å². The molecule has 0 saturated carbocycles. The van der Waals surface area contributed by atoms with Gasteiger partial charge in [-0.25, -0.2) is 4.99 Å². The molecular weight excluding hydrogens is 238 g/mol. The topological polar surface area (TPSA) is 54.4 Å². The molecule has 1 aromatic carbocycles. The Bertz CT molecular complexity index is 660. The molecule has 0 atom stereocenters. The Morgan fingerprint density at radius 1 is 1.00 bits per heavy atom. The second-order valence-electron chi connectivity index (χ2n) is 4.09. The second-order valence-corrected chi connectivity index (χ2v) is 4.09. The van der Waals surface area contributed by atoms with E-state index in [2.05, 4.69) is 15.3 Å². The minimum absolute atomic E-state index is 0.185. The van der Waals surface area contributed by atoms with E-state index in [1.807, 2.05) is 42.5 Å². The van der Waals surface area contributed by atoms with E-state index in [0.717, 1.165) is 11.1 Å². The van der Waals surface area contributed by atoms with Gasteiger partial charge in [0.15, 0.2) is 0 Å². The van der Waals surface area contributed by atoms with E-state index in [-0.39, 0.29) is 5.91 Å². The summed E-state index contributed by atoms with van der Waals surface area (Å²) in [7, 11) is 0. The second kappa shape index (κ2) is 4.86. The van der Waals surface area contributed by atoms with Crippen molar-refractivity contribution < 1.29 is 4.79 Å². The van der Waals surface area contributed by atoms with Crippen molar-refractivity contribution in [2.75, 3.05) is 0 Å². The van der Waals surface area contributed by atoms with Crippen molar-refractivity contribution in [3.05, 3.63) is 71.7 Å². The van der Waals surface area contributed by atoms with Crippen LogP contribution < -0.4 is 5.32 Å². The lowest BCUT2D eigenvalue weighted by Gasteiger charge is -1.97. The zero-order chi connectivity index (χ0) is 13.1. The molecule has 2 aromatic rings. The molecule has 1 amide bonds. The molecule has 3 rings (SSSR count). The lowest BCUT2D eigenvalue weighted by molar-refractivity contribution is -0.115. The third-order valence-electron chi connectivity index (χ3n) is 2.75. The number of hydrogen-bond acceptors (Lipinski definition) is 3. The number of hydrogen-bond donors (Lipinski definition) is 1. The standard InChI is InChI=1S/C15H11N3O/c19-15-13(10-11-4-2-1-3-5-11)17-14(18-15)12-6-8-16-9-7-12/h1-10H,(H,17,18,19)/b13-10+. The minimum Gasteiger partial charge on any atom is -0.305 e. The van der Waals surface area contributed by atoms with E-state index in [4.69, 9.17) is 0 Å². The van der Waals surface area contributed by atoms with Crippen molar-refractivity contribution >= 4 is 17.8 Å². The Morgan fingerprint density at radius 3 is 2.47 bits per heavy atom. The van der Waals surface area contributed by atoms with Crippen LogP contribution in [-0.4, -0.2) is 16.7 Å². The third kappa shape index (κ3) is 2.42. The Labute approximate surface area is 110 Å². The van der Waals surface area contributed by atoms with Crippen LogP contribution in [0.15, 0.2) is 65.5 Å². The molecule has 0 radical (unpaired) electrons. The molecule has 1 aromatic heterocycles. The van der Waals surface area contributed by atoms with Gasteiger partial charge in [-0.1, -0.05) is 30.3 Å². The fraction of sp³-hybridized carbons (Fsp3) is 0. The molecule has 0 spiro atoms. The first-order chi connectivity index (χ1) is 9.33. The van der Waals surface area contributed by atoms with Gasteiger partial charge in [-0.15, -0.1) is 0 Å². The first-order valence-electron chi connectivity index (χ1n) is 5.90. The molecule has 1 aliphatic rings. The van der Waals surface area contributed by atoms with Crippen LogP contribution in [0.25, 0.3) is 6.08 Å². The Morgan fingerprint density at radius 2 is 1.74 bits per heavy atom. The Balaban J connectivity index is 1.94. The van der Waals surface area contributed by atoms with E-state index in [1.54, 1.807) is 18.5 Å². The van der Waals surface area contributed by atoms with Crippen LogP contribution in [0.3, 0.4) is 0 Å². The van der Waals surface area contributed by atoms with Crippen molar-refractivity contribution in [3.63, 3.8) is 0 Å². The van der Waals surface area contributed by atoms with Gasteiger partial charge >= 0.3 is 0 Å². The van der Waals surface area contributed by atoms with Crippen LogP contribution in [0.2, 0.25) is 0 Å². The molecule has 92 valence electrons. The first kappa shape index (κ1) is 11.3. The summed E-state index contributed by atoms with van der Waals surface area (Å²) in [6.45, 7) is 0. The van der Waals surface area contributed by atoms with Gasteiger partial charge in [0.25, 0.3) is 5.91 Å². The minimum atomic E-state index is -0.185. The average molecular weight is 249 g/mol. The van der Waals surface area contributed by atoms with E-state index < -0.39 is 0 Å². The molecule has 0 unspecified atom stereocenters. The van der Waals surface area contributed by atoms with Crippen molar-refractivity contribution in [1.82, 2.24) is 10.3 Å². The zero-order valence-corrected chi connectivity index (χ0v) is 10.1. The number of nitrogens with zero attached hydrogens (tertiary/aromatic N) is 2. The molecule has 1 N–H and O–H groups in total. The van der Waals surface area contributed by atoms with E-state index in [9.17, 15) is 4.79 Å². The van der Waals surface area contributed by atoms with Crippen LogP contribution in [0.1, 0.15) is 11.1 Å². The summed E-state index contributed by atoms with van der Waals surface area (Å²) in [6.07, 6.45) is 5.11. The number of amides is 1. The monoisotopic (exact) mass is 249 g/mol. The summed E-state index contributed by atoms with van der Waals surface area (Å²) in [5, 5.41) is 2.76. The van der Waals surface area contributed by atoms with Crippen molar-refractivity contribution in [2.24, 2.45) is 4.99 Å². The number of carbonyl (C=O) groups is 1. The fourth-order valence-corrected chi connectivity index (χ4v) is 1.82. The number of pyridine rings is 1. The molecule has 0 fully saturated rings. The average Bonchev–Trinajstić information content (AvgIpc) is 2.82. The number of rotatable bonds is 2. The molecule has 2 heterocycles. The van der Waals surface area contributed by atoms with Crippen LogP contribution in [0.5, 0.6) is 0 Å². The molecular formula is C15H11N3O. The lowest BCUT2D eigenvalue weighted by atomic mass is 10.2. The Kier molecular flexibility index (Phi) is 2.90. The first-order valence-corrected chi connectivity index (χ1v) is 5.90. The van der Waals surface area contributed by atoms with Gasteiger partial charge in [0, 0.05) is 18.0 Å². The number of aromatic nitrogens is 1. The number of benzene rings is 1. The van der Waals surface area contributed by atoms with Gasteiger partial charge in [0.1, 0.15) is 11.5 Å². The van der Waals surface area contributed by atoms with Crippen LogP contribution in [0.4, 0.5) is 0 Å². The van der Waals surface area contributed by atoms with Crippen molar-refractivity contribution in [1.29, 1.82) is 0 Å². The molecule has 4 nitrogen and oxygen atoms in total. The summed E-state index contributed by atoms with van der Waals surface area (Å²) in [4.78, 5) is 20.1. The summed E-state index contributed by atoms with van der Waals surface area (Å²) in [5.74, 6) is 0.380. The molecule has 1 aliphatic heterocycles. The number of nitrogens with one attached hydrogen (secondary N) is 1. The van der Waals surface area contributed by atoms with Crippen LogP contribution in [0, 0.1) is 0 Å². The van der Waals surface area contributed by atoms with Gasteiger partial charge in [-0.05, 0) is 23.8 Å². The Hall–Kier alpha value is -2.75. The third-order valence-corrected chi connectivity index (χ3v) is 2.75. The van der Waals surface area contributed by atoms with Gasteiger partial charge in [-0.2, -0.15) is 0 Å². The highest BCUT2D eigenvalue weighted by Gasteiger charge is 2.20. The number of amidine groups is 1. The molecule has 0 aliphatic carbocycles. The van der Waals surface area contributed by atoms with E-state index in [1.165, 1.54) is 0 Å². The highest BCUT2D eigenvalue weighted by Crippen LogP contribution is 2.14. The maximum absolute atomic E-state index is 11.9. The smallest absolute Gasteiger partial charge is 0.275 e. The zero-order valence-electron chi connectivity index (χ0n) is 10.1. The summed E-state index contributed by atoms with van der Waals surface area (Å²) in [6, 6.07) is 13.3. The van der Waals surface area contributed by atoms with Gasteiger partial charge in [-0.3, -0.25) is 9.78 Å². The maximum Gasteiger partial charge on any atom is 0.275 e. The van der Waals surface area contributed by atoms with E-state index >= 15 is 0 Å². The quantitative estimate of drug-likeness (QED) is 0.828. The van der Waals surface area contributed by atoms with Gasteiger partial charge < -0.3 is 5.32 Å². The largest absolute Gasteiger partial charge is 0.305 e. The molecule has 4 heteroatoms. The molecule has 0 saturated heterocycles.